The highest BCUT2D eigenvalue weighted by Crippen LogP contribution is 2.22. The Balaban J connectivity index is 1.51. The Kier molecular flexibility index (Phi) is 5.46. The van der Waals surface area contributed by atoms with Gasteiger partial charge in [0.15, 0.2) is 11.6 Å². The maximum Gasteiger partial charge on any atom is 0.165 e. The van der Waals surface area contributed by atoms with Crippen LogP contribution in [0.4, 0.5) is 5.82 Å². The zero-order valence-electron chi connectivity index (χ0n) is 13.6. The lowest BCUT2D eigenvalue weighted by molar-refractivity contribution is 0.504. The quantitative estimate of drug-likeness (QED) is 0.778. The topological polar surface area (TPSA) is 84.7 Å². The SMILES string of the molecule is CCCCn1nnnc1CNCC1CCCN1c1cccnn1. The molecular weight excluding hydrogens is 292 g/mol. The Morgan fingerprint density at radius 1 is 1.35 bits per heavy atom. The van der Waals surface area contributed by atoms with Gasteiger partial charge in [-0.1, -0.05) is 13.3 Å². The molecule has 1 aliphatic heterocycles. The van der Waals surface area contributed by atoms with Gasteiger partial charge in [-0.25, -0.2) is 4.68 Å². The molecule has 1 atom stereocenters. The van der Waals surface area contributed by atoms with Gasteiger partial charge in [0, 0.05) is 31.9 Å². The van der Waals surface area contributed by atoms with Crippen molar-refractivity contribution in [2.24, 2.45) is 0 Å². The molecule has 0 amide bonds. The molecule has 3 heterocycles. The van der Waals surface area contributed by atoms with Crippen molar-refractivity contribution >= 4 is 5.82 Å². The first kappa shape index (κ1) is 15.8. The van der Waals surface area contributed by atoms with Crippen molar-refractivity contribution in [1.82, 2.24) is 35.7 Å². The van der Waals surface area contributed by atoms with Gasteiger partial charge >= 0.3 is 0 Å². The Hall–Kier alpha value is -2.09. The number of hydrogen-bond acceptors (Lipinski definition) is 7. The minimum atomic E-state index is 0.451. The summed E-state index contributed by atoms with van der Waals surface area (Å²) in [5, 5.41) is 23.7. The van der Waals surface area contributed by atoms with Gasteiger partial charge in [0.05, 0.1) is 6.54 Å². The molecule has 0 bridgehead atoms. The van der Waals surface area contributed by atoms with Crippen LogP contribution in [0.15, 0.2) is 18.3 Å². The van der Waals surface area contributed by atoms with Crippen molar-refractivity contribution in [3.05, 3.63) is 24.2 Å². The van der Waals surface area contributed by atoms with E-state index in [9.17, 15) is 0 Å². The van der Waals surface area contributed by atoms with Gasteiger partial charge in [-0.15, -0.1) is 10.2 Å². The second-order valence-electron chi connectivity index (χ2n) is 5.87. The Bertz CT molecular complexity index is 584. The van der Waals surface area contributed by atoms with Gasteiger partial charge in [-0.05, 0) is 41.8 Å². The Labute approximate surface area is 136 Å². The summed E-state index contributed by atoms with van der Waals surface area (Å²) in [6, 6.07) is 4.41. The average Bonchev–Trinajstić information content (AvgIpc) is 3.23. The van der Waals surface area contributed by atoms with E-state index in [0.29, 0.717) is 12.6 Å². The number of tetrazole rings is 1. The number of nitrogens with zero attached hydrogens (tertiary/aromatic N) is 7. The maximum atomic E-state index is 4.23. The van der Waals surface area contributed by atoms with Gasteiger partial charge in [0.1, 0.15) is 0 Å². The number of rotatable bonds is 8. The molecule has 1 aliphatic rings. The fourth-order valence-corrected chi connectivity index (χ4v) is 2.98. The number of hydrogen-bond donors (Lipinski definition) is 1. The fraction of sp³-hybridized carbons (Fsp3) is 0.667. The monoisotopic (exact) mass is 316 g/mol. The van der Waals surface area contributed by atoms with Crippen LogP contribution >= 0.6 is 0 Å². The van der Waals surface area contributed by atoms with Gasteiger partial charge in [0.25, 0.3) is 0 Å². The second kappa shape index (κ2) is 7.96. The molecule has 2 aromatic heterocycles. The number of nitrogens with one attached hydrogen (secondary N) is 1. The molecule has 1 saturated heterocycles. The van der Waals surface area contributed by atoms with Crippen molar-refractivity contribution in [3.63, 3.8) is 0 Å². The minimum absolute atomic E-state index is 0.451. The summed E-state index contributed by atoms with van der Waals surface area (Å²) in [5.41, 5.74) is 0. The van der Waals surface area contributed by atoms with E-state index in [4.69, 9.17) is 0 Å². The van der Waals surface area contributed by atoms with Crippen LogP contribution in [-0.2, 0) is 13.1 Å². The number of anilines is 1. The van der Waals surface area contributed by atoms with E-state index in [-0.39, 0.29) is 0 Å². The van der Waals surface area contributed by atoms with Crippen molar-refractivity contribution in [3.8, 4) is 0 Å². The van der Waals surface area contributed by atoms with E-state index in [2.05, 4.69) is 42.9 Å². The summed E-state index contributed by atoms with van der Waals surface area (Å²) in [6.07, 6.45) is 6.31. The number of unbranched alkanes of at least 4 members (excludes halogenated alkanes) is 1. The molecule has 1 fully saturated rings. The normalized spacial score (nSPS) is 17.8. The van der Waals surface area contributed by atoms with Crippen molar-refractivity contribution in [2.45, 2.75) is 51.7 Å². The lowest BCUT2D eigenvalue weighted by Gasteiger charge is -2.25. The van der Waals surface area contributed by atoms with Gasteiger partial charge in [0.2, 0.25) is 0 Å². The molecule has 1 unspecified atom stereocenters. The molecular formula is C15H24N8. The van der Waals surface area contributed by atoms with Gasteiger partial charge in [-0.3, -0.25) is 0 Å². The highest BCUT2D eigenvalue weighted by Gasteiger charge is 2.25. The molecule has 124 valence electrons. The lowest BCUT2D eigenvalue weighted by Crippen LogP contribution is -2.38. The van der Waals surface area contributed by atoms with E-state index >= 15 is 0 Å². The molecule has 0 spiro atoms. The first-order valence-electron chi connectivity index (χ1n) is 8.38. The highest BCUT2D eigenvalue weighted by molar-refractivity contribution is 5.39. The van der Waals surface area contributed by atoms with Crippen LogP contribution in [0.25, 0.3) is 0 Å². The molecule has 0 aliphatic carbocycles. The standard InChI is InChI=1S/C15H24N8/c1-2-3-10-23-15(19-20-21-23)12-16-11-13-6-5-9-22(13)14-7-4-8-17-18-14/h4,7-8,13,16H,2-3,5-6,9-12H2,1H3. The summed E-state index contributed by atoms with van der Waals surface area (Å²) in [4.78, 5) is 2.33. The summed E-state index contributed by atoms with van der Waals surface area (Å²) in [7, 11) is 0. The highest BCUT2D eigenvalue weighted by atomic mass is 15.5. The van der Waals surface area contributed by atoms with Gasteiger partial charge in [-0.2, -0.15) is 5.10 Å². The van der Waals surface area contributed by atoms with Crippen LogP contribution in [0.5, 0.6) is 0 Å². The van der Waals surface area contributed by atoms with Crippen LogP contribution in [0.3, 0.4) is 0 Å². The summed E-state index contributed by atoms with van der Waals surface area (Å²) in [5.74, 6) is 1.87. The third-order valence-corrected chi connectivity index (χ3v) is 4.22. The smallest absolute Gasteiger partial charge is 0.165 e. The van der Waals surface area contributed by atoms with Crippen LogP contribution < -0.4 is 10.2 Å². The van der Waals surface area contributed by atoms with E-state index in [1.54, 1.807) is 6.20 Å². The molecule has 23 heavy (non-hydrogen) atoms. The molecule has 0 radical (unpaired) electrons. The molecule has 8 heteroatoms. The zero-order chi connectivity index (χ0) is 15.9. The van der Waals surface area contributed by atoms with Gasteiger partial charge < -0.3 is 10.2 Å². The largest absolute Gasteiger partial charge is 0.351 e. The molecule has 0 aromatic carbocycles. The first-order valence-corrected chi connectivity index (χ1v) is 8.38. The second-order valence-corrected chi connectivity index (χ2v) is 5.87. The lowest BCUT2D eigenvalue weighted by atomic mass is 10.2. The summed E-state index contributed by atoms with van der Waals surface area (Å²) >= 11 is 0. The Morgan fingerprint density at radius 2 is 2.30 bits per heavy atom. The molecule has 1 N–H and O–H groups in total. The number of aryl methyl sites for hydroxylation is 1. The van der Waals surface area contributed by atoms with Crippen LogP contribution in [0.2, 0.25) is 0 Å². The average molecular weight is 316 g/mol. The maximum absolute atomic E-state index is 4.23. The molecule has 8 nitrogen and oxygen atoms in total. The first-order chi connectivity index (χ1) is 11.4. The summed E-state index contributed by atoms with van der Waals surface area (Å²) < 4.78 is 1.89. The molecule has 3 rings (SSSR count). The van der Waals surface area contributed by atoms with E-state index in [1.165, 1.54) is 12.8 Å². The molecule has 0 saturated carbocycles. The van der Waals surface area contributed by atoms with E-state index in [1.807, 2.05) is 16.8 Å². The van der Waals surface area contributed by atoms with Crippen LogP contribution in [0.1, 0.15) is 38.4 Å². The molecule has 2 aromatic rings. The zero-order valence-corrected chi connectivity index (χ0v) is 13.6. The number of aromatic nitrogens is 6. The van der Waals surface area contributed by atoms with Crippen molar-refractivity contribution in [2.75, 3.05) is 18.0 Å². The fourth-order valence-electron chi connectivity index (χ4n) is 2.98. The van der Waals surface area contributed by atoms with Crippen molar-refractivity contribution in [1.29, 1.82) is 0 Å². The summed E-state index contributed by atoms with van der Waals surface area (Å²) in [6.45, 7) is 5.69. The van der Waals surface area contributed by atoms with Crippen molar-refractivity contribution < 1.29 is 0 Å². The van der Waals surface area contributed by atoms with Crippen LogP contribution in [0, 0.1) is 0 Å². The Morgan fingerprint density at radius 3 is 3.13 bits per heavy atom. The predicted molar refractivity (Wildman–Crippen MR) is 86.8 cm³/mol. The predicted octanol–water partition coefficient (Wildman–Crippen LogP) is 1.02. The van der Waals surface area contributed by atoms with E-state index < -0.39 is 0 Å². The third kappa shape index (κ3) is 4.01. The van der Waals surface area contributed by atoms with E-state index in [0.717, 1.165) is 44.1 Å². The minimum Gasteiger partial charge on any atom is -0.351 e. The third-order valence-electron chi connectivity index (χ3n) is 4.22. The van der Waals surface area contributed by atoms with Crippen LogP contribution in [-0.4, -0.2) is 49.5 Å².